The van der Waals surface area contributed by atoms with Crippen LogP contribution in [0.2, 0.25) is 0 Å². The van der Waals surface area contributed by atoms with E-state index in [0.29, 0.717) is 18.5 Å². The van der Waals surface area contributed by atoms with Crippen LogP contribution in [0.5, 0.6) is 11.5 Å². The van der Waals surface area contributed by atoms with Gasteiger partial charge in [0, 0.05) is 0 Å². The second kappa shape index (κ2) is 4.47. The summed E-state index contributed by atoms with van der Waals surface area (Å²) in [6.07, 6.45) is 0.516. The lowest BCUT2D eigenvalue weighted by Gasteiger charge is -2.06. The molecule has 0 aliphatic rings. The van der Waals surface area contributed by atoms with Gasteiger partial charge < -0.3 is 15.0 Å². The fraction of sp³-hybridized carbons (Fsp3) is 0.250. The normalized spacial score (nSPS) is 11.3. The predicted molar refractivity (Wildman–Crippen MR) is 53.0 cm³/mol. The molecule has 1 rings (SSSR count). The van der Waals surface area contributed by atoms with E-state index < -0.39 is 10.4 Å². The third-order valence-corrected chi connectivity index (χ3v) is 2.04. The zero-order valence-electron chi connectivity index (χ0n) is 7.75. The van der Waals surface area contributed by atoms with Crippen molar-refractivity contribution in [3.05, 3.63) is 23.8 Å². The monoisotopic (exact) mass is 239 g/mol. The van der Waals surface area contributed by atoms with E-state index >= 15 is 0 Å². The largest absolute Gasteiger partial charge is 0.504 e. The lowest BCUT2D eigenvalue weighted by molar-refractivity contribution is 0.371. The maximum Gasteiger partial charge on any atom is 0.446 e. The molecular formula is C8H11NO5S. The predicted octanol–water partition coefficient (Wildman–Crippen LogP) is 0.0750. The first-order chi connectivity index (χ1) is 6.92. The average molecular weight is 239 g/mol. The molecule has 15 heavy (non-hydrogen) atoms. The Bertz CT molecular complexity index is 442. The first-order valence-corrected chi connectivity index (χ1v) is 5.48. The first kappa shape index (κ1) is 11.8. The van der Waals surface area contributed by atoms with E-state index in [0.717, 1.165) is 0 Å². The summed E-state index contributed by atoms with van der Waals surface area (Å²) in [4.78, 5) is 0. The molecule has 0 fully saturated rings. The molecule has 0 aliphatic heterocycles. The van der Waals surface area contributed by atoms with E-state index in [2.05, 4.69) is 4.18 Å². The molecule has 1 aromatic carbocycles. The van der Waals surface area contributed by atoms with Gasteiger partial charge in [-0.3, -0.25) is 4.55 Å². The van der Waals surface area contributed by atoms with Crippen LogP contribution in [0.3, 0.4) is 0 Å². The molecular weight excluding hydrogens is 228 g/mol. The summed E-state index contributed by atoms with van der Waals surface area (Å²) in [6, 6.07) is 4.15. The molecule has 0 aromatic heterocycles. The van der Waals surface area contributed by atoms with Crippen molar-refractivity contribution in [2.45, 2.75) is 6.42 Å². The summed E-state index contributed by atoms with van der Waals surface area (Å²) < 4.78 is 33.4. The summed E-state index contributed by atoms with van der Waals surface area (Å²) in [7, 11) is -4.62. The minimum atomic E-state index is -4.62. The molecule has 0 saturated carbocycles. The molecule has 0 amide bonds. The van der Waals surface area contributed by atoms with Crippen LogP contribution in [0.25, 0.3) is 0 Å². The molecule has 0 unspecified atom stereocenters. The maximum atomic E-state index is 10.4. The van der Waals surface area contributed by atoms with E-state index in [1.54, 1.807) is 6.07 Å². The topological polar surface area (TPSA) is 110 Å². The van der Waals surface area contributed by atoms with E-state index in [-0.39, 0.29) is 11.5 Å². The van der Waals surface area contributed by atoms with Crippen LogP contribution in [0.15, 0.2) is 18.2 Å². The Morgan fingerprint density at radius 3 is 2.60 bits per heavy atom. The van der Waals surface area contributed by atoms with Crippen molar-refractivity contribution in [3.8, 4) is 11.5 Å². The Balaban J connectivity index is 3.00. The Labute approximate surface area is 87.2 Å². The number of phenols is 1. The molecule has 4 N–H and O–H groups in total. The maximum absolute atomic E-state index is 10.4. The van der Waals surface area contributed by atoms with E-state index in [4.69, 9.17) is 10.3 Å². The summed E-state index contributed by atoms with van der Waals surface area (Å²) in [5, 5.41) is 9.23. The number of phenolic OH excluding ortho intramolecular Hbond substituents is 1. The van der Waals surface area contributed by atoms with Gasteiger partial charge in [0.25, 0.3) is 0 Å². The van der Waals surface area contributed by atoms with Crippen LogP contribution in [0.4, 0.5) is 0 Å². The number of rotatable bonds is 4. The van der Waals surface area contributed by atoms with Gasteiger partial charge >= 0.3 is 10.4 Å². The number of hydrogen-bond donors (Lipinski definition) is 3. The average Bonchev–Trinajstić information content (AvgIpc) is 2.09. The Morgan fingerprint density at radius 2 is 2.07 bits per heavy atom. The van der Waals surface area contributed by atoms with Gasteiger partial charge in [0.05, 0.1) is 0 Å². The highest BCUT2D eigenvalue weighted by Crippen LogP contribution is 2.27. The van der Waals surface area contributed by atoms with Crippen molar-refractivity contribution in [2.75, 3.05) is 6.54 Å². The molecule has 0 heterocycles. The fourth-order valence-corrected chi connectivity index (χ4v) is 1.42. The highest BCUT2D eigenvalue weighted by Gasteiger charge is 2.11. The standard InChI is InChI=1S/C8H11NO5S/c9-4-3-6-1-2-7(10)8(5-6)14-15(11,12)13/h1-2,5,10H,3-4,9H2,(H,11,12,13)/i1+1,2+1,5+1,6+1,7+1,8+1. The third kappa shape index (κ3) is 3.74. The van der Waals surface area contributed by atoms with Gasteiger partial charge in [0.15, 0.2) is 11.5 Å². The quantitative estimate of drug-likeness (QED) is 0.641. The van der Waals surface area contributed by atoms with Crippen molar-refractivity contribution >= 4 is 10.4 Å². The lowest BCUT2D eigenvalue weighted by atomic mass is 10.6. The summed E-state index contributed by atoms with van der Waals surface area (Å²) in [6.45, 7) is 0.385. The van der Waals surface area contributed by atoms with Crippen LogP contribution in [-0.4, -0.2) is 24.6 Å². The minimum Gasteiger partial charge on any atom is -0.504 e. The van der Waals surface area contributed by atoms with Crippen LogP contribution in [0.1, 0.15) is 5.56 Å². The molecule has 1 aromatic rings. The summed E-state index contributed by atoms with van der Waals surface area (Å²) >= 11 is 0. The lowest BCUT2D eigenvalue weighted by Crippen LogP contribution is -2.08. The minimum absolute atomic E-state index is 0.316. The number of nitrogens with two attached hydrogens (primary N) is 1. The van der Waals surface area contributed by atoms with E-state index in [1.165, 1.54) is 12.1 Å². The van der Waals surface area contributed by atoms with Gasteiger partial charge in [-0.15, -0.1) is 0 Å². The van der Waals surface area contributed by atoms with Crippen LogP contribution < -0.4 is 9.92 Å². The zero-order valence-corrected chi connectivity index (χ0v) is 8.57. The van der Waals surface area contributed by atoms with Gasteiger partial charge in [0.1, 0.15) is 0 Å². The Kier molecular flexibility index (Phi) is 3.51. The molecule has 6 nitrogen and oxygen atoms in total. The number of benzene rings is 1. The van der Waals surface area contributed by atoms with Crippen molar-refractivity contribution in [2.24, 2.45) is 5.73 Å². The molecule has 0 atom stereocenters. The number of hydrogen-bond acceptors (Lipinski definition) is 5. The molecule has 7 heteroatoms. The second-order valence-electron chi connectivity index (χ2n) is 2.85. The molecule has 0 radical (unpaired) electrons. The second-order valence-corrected chi connectivity index (χ2v) is 3.87. The molecule has 84 valence electrons. The SMILES string of the molecule is NCC[13c]1[13cH][13cH][13c](O)[13c](OS(=O)(=O)O)[13cH]1. The molecule has 0 spiro atoms. The molecule has 0 bridgehead atoms. The highest BCUT2D eigenvalue weighted by atomic mass is 32.3. The van der Waals surface area contributed by atoms with Crippen molar-refractivity contribution < 1.29 is 22.3 Å². The van der Waals surface area contributed by atoms with Gasteiger partial charge in [0.2, 0.25) is 0 Å². The third-order valence-electron chi connectivity index (χ3n) is 1.65. The first-order valence-electron chi connectivity index (χ1n) is 4.11. The van der Waals surface area contributed by atoms with Gasteiger partial charge in [-0.05, 0) is 30.7 Å². The van der Waals surface area contributed by atoms with Gasteiger partial charge in [-0.2, -0.15) is 8.42 Å². The summed E-state index contributed by atoms with van der Waals surface area (Å²) in [5.74, 6) is -0.683. The van der Waals surface area contributed by atoms with Crippen molar-refractivity contribution in [1.82, 2.24) is 0 Å². The van der Waals surface area contributed by atoms with E-state index in [9.17, 15) is 13.5 Å². The summed E-state index contributed by atoms with van der Waals surface area (Å²) in [5.41, 5.74) is 6.01. The smallest absolute Gasteiger partial charge is 0.446 e. The Hall–Kier alpha value is -1.31. The fourth-order valence-electron chi connectivity index (χ4n) is 1.06. The van der Waals surface area contributed by atoms with Gasteiger partial charge in [-0.25, -0.2) is 0 Å². The highest BCUT2D eigenvalue weighted by molar-refractivity contribution is 7.81. The van der Waals surface area contributed by atoms with E-state index in [1.807, 2.05) is 0 Å². The molecule has 0 aliphatic carbocycles. The number of aromatic hydroxyl groups is 1. The van der Waals surface area contributed by atoms with Crippen molar-refractivity contribution in [1.29, 1.82) is 0 Å². The van der Waals surface area contributed by atoms with Crippen LogP contribution in [-0.2, 0) is 16.8 Å². The Morgan fingerprint density at radius 1 is 1.40 bits per heavy atom. The van der Waals surface area contributed by atoms with Crippen LogP contribution >= 0.6 is 0 Å². The van der Waals surface area contributed by atoms with Crippen LogP contribution in [0, 0.1) is 0 Å². The van der Waals surface area contributed by atoms with Crippen molar-refractivity contribution in [3.63, 3.8) is 0 Å². The zero-order chi connectivity index (χ0) is 11.5. The van der Waals surface area contributed by atoms with Gasteiger partial charge in [-0.1, -0.05) is 6.07 Å². The molecule has 0 saturated heterocycles.